The highest BCUT2D eigenvalue weighted by Crippen LogP contribution is 2.27. The molecule has 0 aromatic heterocycles. The van der Waals surface area contributed by atoms with Gasteiger partial charge in [0.25, 0.3) is 15.7 Å². The zero-order valence-corrected chi connectivity index (χ0v) is 16.2. The number of benzene rings is 3. The van der Waals surface area contributed by atoms with Crippen molar-refractivity contribution in [1.29, 1.82) is 0 Å². The number of nitrogens with zero attached hydrogens (tertiary/aromatic N) is 2. The van der Waals surface area contributed by atoms with Crippen molar-refractivity contribution in [2.45, 2.75) is 4.90 Å². The molecule has 3 aromatic rings. The number of sulfonamides is 1. The number of anilines is 1. The van der Waals surface area contributed by atoms with Gasteiger partial charge in [0.05, 0.1) is 28.3 Å². The van der Waals surface area contributed by atoms with E-state index in [0.717, 1.165) is 0 Å². The number of non-ortho nitro benzene ring substituents is 1. The molecule has 0 aliphatic rings. The fourth-order valence-corrected chi connectivity index (χ4v) is 3.53. The van der Waals surface area contributed by atoms with Gasteiger partial charge in [-0.2, -0.15) is 0 Å². The first-order chi connectivity index (χ1) is 13.9. The van der Waals surface area contributed by atoms with Crippen LogP contribution in [0.1, 0.15) is 5.56 Å². The smallest absolute Gasteiger partial charge is 0.269 e. The highest BCUT2D eigenvalue weighted by atomic mass is 32.2. The largest absolute Gasteiger partial charge is 0.497 e. The Morgan fingerprint density at radius 1 is 1.00 bits per heavy atom. The van der Waals surface area contributed by atoms with Crippen molar-refractivity contribution in [3.63, 3.8) is 0 Å². The van der Waals surface area contributed by atoms with Crippen LogP contribution in [0.25, 0.3) is 0 Å². The third-order valence-electron chi connectivity index (χ3n) is 3.97. The summed E-state index contributed by atoms with van der Waals surface area (Å²) in [5.74, 6) is 0.553. The first kappa shape index (κ1) is 20.0. The lowest BCUT2D eigenvalue weighted by Crippen LogP contribution is -2.13. The molecule has 0 aliphatic heterocycles. The van der Waals surface area contributed by atoms with Crippen LogP contribution in [0, 0.1) is 10.1 Å². The SMILES string of the molecule is COc1ccc(S(=O)(=O)Nc2ccccc2N=Cc2ccc([N+](=O)[O-])cc2)cc1. The minimum atomic E-state index is -3.81. The van der Waals surface area contributed by atoms with Crippen LogP contribution in [0.15, 0.2) is 82.7 Å². The first-order valence-electron chi connectivity index (χ1n) is 8.43. The standard InChI is InChI=1S/C20H17N3O5S/c1-28-17-10-12-18(13-11-17)29(26,27)22-20-5-3-2-4-19(20)21-14-15-6-8-16(9-7-15)23(24)25/h2-14,22H,1H3. The fourth-order valence-electron chi connectivity index (χ4n) is 2.46. The van der Waals surface area contributed by atoms with Crippen molar-refractivity contribution in [1.82, 2.24) is 0 Å². The monoisotopic (exact) mass is 411 g/mol. The van der Waals surface area contributed by atoms with Gasteiger partial charge in [-0.3, -0.25) is 19.8 Å². The number of para-hydroxylation sites is 2. The molecule has 0 spiro atoms. The topological polar surface area (TPSA) is 111 Å². The Hall–Kier alpha value is -3.72. The molecule has 148 valence electrons. The highest BCUT2D eigenvalue weighted by Gasteiger charge is 2.16. The summed E-state index contributed by atoms with van der Waals surface area (Å²) >= 11 is 0. The van der Waals surface area contributed by atoms with Crippen molar-refractivity contribution >= 4 is 33.3 Å². The molecule has 0 unspecified atom stereocenters. The van der Waals surface area contributed by atoms with Crippen LogP contribution in [0.2, 0.25) is 0 Å². The lowest BCUT2D eigenvalue weighted by Gasteiger charge is -2.10. The molecule has 9 heteroatoms. The van der Waals surface area contributed by atoms with Crippen molar-refractivity contribution in [3.05, 3.63) is 88.5 Å². The molecule has 0 bridgehead atoms. The van der Waals surface area contributed by atoms with Gasteiger partial charge in [-0.15, -0.1) is 0 Å². The Labute approximate surface area is 167 Å². The lowest BCUT2D eigenvalue weighted by molar-refractivity contribution is -0.384. The Balaban J connectivity index is 1.83. The van der Waals surface area contributed by atoms with Gasteiger partial charge in [0.1, 0.15) is 5.75 Å². The average molecular weight is 411 g/mol. The van der Waals surface area contributed by atoms with E-state index < -0.39 is 14.9 Å². The Morgan fingerprint density at radius 3 is 2.28 bits per heavy atom. The second-order valence-electron chi connectivity index (χ2n) is 5.91. The number of nitro groups is 1. The van der Waals surface area contributed by atoms with Gasteiger partial charge in [-0.05, 0) is 54.1 Å². The summed E-state index contributed by atoms with van der Waals surface area (Å²) in [7, 11) is -2.31. The van der Waals surface area contributed by atoms with E-state index in [-0.39, 0.29) is 10.6 Å². The molecule has 0 heterocycles. The van der Waals surface area contributed by atoms with Crippen molar-refractivity contribution in [3.8, 4) is 5.75 Å². The van der Waals surface area contributed by atoms with E-state index in [1.165, 1.54) is 37.6 Å². The maximum absolute atomic E-state index is 12.7. The summed E-state index contributed by atoms with van der Waals surface area (Å²) in [6.07, 6.45) is 1.50. The fraction of sp³-hybridized carbons (Fsp3) is 0.0500. The normalized spacial score (nSPS) is 11.3. The zero-order valence-electron chi connectivity index (χ0n) is 15.3. The van der Waals surface area contributed by atoms with E-state index in [0.29, 0.717) is 22.7 Å². The number of ether oxygens (including phenoxy) is 1. The van der Waals surface area contributed by atoms with Crippen LogP contribution in [0.5, 0.6) is 5.75 Å². The number of aliphatic imine (C=N–C) groups is 1. The minimum Gasteiger partial charge on any atom is -0.497 e. The minimum absolute atomic E-state index is 0.0187. The van der Waals surface area contributed by atoms with Gasteiger partial charge >= 0.3 is 0 Å². The van der Waals surface area contributed by atoms with Gasteiger partial charge in [0, 0.05) is 18.3 Å². The number of nitro benzene ring substituents is 1. The van der Waals surface area contributed by atoms with Gasteiger partial charge in [-0.25, -0.2) is 8.42 Å². The maximum Gasteiger partial charge on any atom is 0.269 e. The number of nitrogens with one attached hydrogen (secondary N) is 1. The van der Waals surface area contributed by atoms with Crippen LogP contribution in [0.4, 0.5) is 17.1 Å². The second kappa shape index (κ2) is 8.53. The van der Waals surface area contributed by atoms with E-state index in [2.05, 4.69) is 9.71 Å². The summed E-state index contributed by atoms with van der Waals surface area (Å²) in [5.41, 5.74) is 1.34. The van der Waals surface area contributed by atoms with Crippen molar-refractivity contribution in [2.75, 3.05) is 11.8 Å². The Kier molecular flexibility index (Phi) is 5.89. The third kappa shape index (κ3) is 4.96. The number of rotatable bonds is 7. The van der Waals surface area contributed by atoms with E-state index in [1.54, 1.807) is 48.5 Å². The number of hydrogen-bond acceptors (Lipinski definition) is 6. The summed E-state index contributed by atoms with van der Waals surface area (Å²) in [5, 5.41) is 10.7. The van der Waals surface area contributed by atoms with Crippen LogP contribution < -0.4 is 9.46 Å². The predicted octanol–water partition coefficient (Wildman–Crippen LogP) is 4.15. The van der Waals surface area contributed by atoms with Gasteiger partial charge in [0.15, 0.2) is 0 Å². The van der Waals surface area contributed by atoms with Gasteiger partial charge in [0.2, 0.25) is 0 Å². The van der Waals surface area contributed by atoms with Crippen LogP contribution in [0.3, 0.4) is 0 Å². The molecule has 8 nitrogen and oxygen atoms in total. The van der Waals surface area contributed by atoms with Gasteiger partial charge in [-0.1, -0.05) is 12.1 Å². The zero-order chi connectivity index (χ0) is 20.9. The molecular weight excluding hydrogens is 394 g/mol. The van der Waals surface area contributed by atoms with Crippen molar-refractivity contribution < 1.29 is 18.1 Å². The molecule has 0 atom stereocenters. The summed E-state index contributed by atoms with van der Waals surface area (Å²) < 4.78 is 32.9. The molecule has 29 heavy (non-hydrogen) atoms. The van der Waals surface area contributed by atoms with Gasteiger partial charge < -0.3 is 4.74 Å². The summed E-state index contributed by atoms with van der Waals surface area (Å²) in [6, 6.07) is 18.6. The number of methoxy groups -OCH3 is 1. The van der Waals surface area contributed by atoms with Crippen LogP contribution in [-0.4, -0.2) is 26.7 Å². The molecule has 0 amide bonds. The summed E-state index contributed by atoms with van der Waals surface area (Å²) in [4.78, 5) is 14.6. The van der Waals surface area contributed by atoms with Crippen LogP contribution in [-0.2, 0) is 10.0 Å². The van der Waals surface area contributed by atoms with E-state index in [9.17, 15) is 18.5 Å². The number of hydrogen-bond donors (Lipinski definition) is 1. The lowest BCUT2D eigenvalue weighted by atomic mass is 10.2. The highest BCUT2D eigenvalue weighted by molar-refractivity contribution is 7.92. The maximum atomic E-state index is 12.7. The quantitative estimate of drug-likeness (QED) is 0.357. The van der Waals surface area contributed by atoms with E-state index in [1.807, 2.05) is 0 Å². The molecule has 0 saturated carbocycles. The molecule has 3 rings (SSSR count). The van der Waals surface area contributed by atoms with E-state index in [4.69, 9.17) is 4.74 Å². The van der Waals surface area contributed by atoms with Crippen LogP contribution >= 0.6 is 0 Å². The predicted molar refractivity (Wildman–Crippen MR) is 111 cm³/mol. The molecule has 0 aliphatic carbocycles. The Morgan fingerprint density at radius 2 is 1.66 bits per heavy atom. The molecule has 0 radical (unpaired) electrons. The first-order valence-corrected chi connectivity index (χ1v) is 9.92. The molecule has 1 N–H and O–H groups in total. The molecular formula is C20H17N3O5S. The van der Waals surface area contributed by atoms with Crippen molar-refractivity contribution in [2.24, 2.45) is 4.99 Å². The average Bonchev–Trinajstić information content (AvgIpc) is 2.73. The molecule has 0 saturated heterocycles. The Bertz CT molecular complexity index is 1140. The molecule has 0 fully saturated rings. The second-order valence-corrected chi connectivity index (χ2v) is 7.59. The molecule has 3 aromatic carbocycles. The summed E-state index contributed by atoms with van der Waals surface area (Å²) in [6.45, 7) is 0. The third-order valence-corrected chi connectivity index (χ3v) is 5.36. The van der Waals surface area contributed by atoms with E-state index >= 15 is 0 Å².